The predicted octanol–water partition coefficient (Wildman–Crippen LogP) is 2.48. The number of aromatic nitrogens is 1. The second-order valence-corrected chi connectivity index (χ2v) is 4.40. The lowest BCUT2D eigenvalue weighted by Crippen LogP contribution is -2.44. The Morgan fingerprint density at radius 2 is 2.12 bits per heavy atom. The van der Waals surface area contributed by atoms with Crippen LogP contribution in [0.5, 0.6) is 0 Å². The fourth-order valence-electron chi connectivity index (χ4n) is 1.21. The summed E-state index contributed by atoms with van der Waals surface area (Å²) in [4.78, 5) is 17.2. The minimum atomic E-state index is -0.575. The Labute approximate surface area is 95.3 Å². The van der Waals surface area contributed by atoms with Gasteiger partial charge in [0.2, 0.25) is 5.95 Å². The lowest BCUT2D eigenvalue weighted by atomic mass is 9.99. The number of hydrogen-bond donors (Lipinski definition) is 0. The molecule has 3 nitrogen and oxygen atoms in total. The molecule has 0 aliphatic heterocycles. The first-order chi connectivity index (χ1) is 7.38. The quantitative estimate of drug-likeness (QED) is 0.739. The fraction of sp³-hybridized carbons (Fsp3) is 0.500. The zero-order valence-corrected chi connectivity index (χ0v) is 10.1. The van der Waals surface area contributed by atoms with Crippen molar-refractivity contribution >= 4 is 5.91 Å². The van der Waals surface area contributed by atoms with Gasteiger partial charge in [0.25, 0.3) is 5.91 Å². The van der Waals surface area contributed by atoms with Crippen molar-refractivity contribution in [2.75, 3.05) is 7.05 Å². The lowest BCUT2D eigenvalue weighted by Gasteiger charge is -2.34. The first kappa shape index (κ1) is 12.6. The molecule has 0 radical (unpaired) electrons. The number of nitrogens with zero attached hydrogens (tertiary/aromatic N) is 2. The van der Waals surface area contributed by atoms with E-state index in [1.54, 1.807) is 11.9 Å². The zero-order valence-electron chi connectivity index (χ0n) is 10.1. The Bertz CT molecular complexity index is 373. The van der Waals surface area contributed by atoms with E-state index in [9.17, 15) is 9.18 Å². The molecule has 0 fully saturated rings. The number of hydrogen-bond acceptors (Lipinski definition) is 2. The van der Waals surface area contributed by atoms with Gasteiger partial charge >= 0.3 is 0 Å². The maximum atomic E-state index is 12.6. The van der Waals surface area contributed by atoms with E-state index >= 15 is 0 Å². The molecule has 0 aromatic carbocycles. The van der Waals surface area contributed by atoms with Crippen LogP contribution < -0.4 is 0 Å². The van der Waals surface area contributed by atoms with Crippen molar-refractivity contribution in [3.05, 3.63) is 29.8 Å². The monoisotopic (exact) mass is 224 g/mol. The van der Waals surface area contributed by atoms with Crippen LogP contribution in [0.2, 0.25) is 0 Å². The highest BCUT2D eigenvalue weighted by molar-refractivity contribution is 5.94. The average molecular weight is 224 g/mol. The zero-order chi connectivity index (χ0) is 12.3. The highest BCUT2D eigenvalue weighted by Crippen LogP contribution is 2.18. The summed E-state index contributed by atoms with van der Waals surface area (Å²) in [6.45, 7) is 6.00. The molecule has 1 rings (SSSR count). The second-order valence-electron chi connectivity index (χ2n) is 4.40. The van der Waals surface area contributed by atoms with Gasteiger partial charge in [0.05, 0.1) is 5.56 Å². The first-order valence-electron chi connectivity index (χ1n) is 5.28. The summed E-state index contributed by atoms with van der Waals surface area (Å²) in [6, 6.07) is 2.65. The van der Waals surface area contributed by atoms with Crippen LogP contribution in [0.1, 0.15) is 37.6 Å². The lowest BCUT2D eigenvalue weighted by molar-refractivity contribution is 0.0619. The molecular formula is C12H17FN2O. The molecule has 0 unspecified atom stereocenters. The van der Waals surface area contributed by atoms with Crippen molar-refractivity contribution in [1.82, 2.24) is 9.88 Å². The second kappa shape index (κ2) is 4.60. The summed E-state index contributed by atoms with van der Waals surface area (Å²) in [5.41, 5.74) is 0.191. The molecule has 0 saturated carbocycles. The van der Waals surface area contributed by atoms with Gasteiger partial charge in [-0.05, 0) is 32.4 Å². The maximum Gasteiger partial charge on any atom is 0.255 e. The van der Waals surface area contributed by atoms with E-state index in [0.29, 0.717) is 5.56 Å². The largest absolute Gasteiger partial charge is 0.337 e. The molecule has 1 heterocycles. The van der Waals surface area contributed by atoms with E-state index in [2.05, 4.69) is 4.98 Å². The number of rotatable bonds is 3. The molecule has 16 heavy (non-hydrogen) atoms. The van der Waals surface area contributed by atoms with E-state index in [1.807, 2.05) is 20.8 Å². The molecule has 1 amide bonds. The van der Waals surface area contributed by atoms with Crippen molar-refractivity contribution in [1.29, 1.82) is 0 Å². The van der Waals surface area contributed by atoms with Crippen LogP contribution >= 0.6 is 0 Å². The Morgan fingerprint density at radius 3 is 2.56 bits per heavy atom. The minimum Gasteiger partial charge on any atom is -0.337 e. The summed E-state index contributed by atoms with van der Waals surface area (Å²) in [6.07, 6.45) is 2.11. The van der Waals surface area contributed by atoms with Gasteiger partial charge in [-0.2, -0.15) is 4.39 Å². The maximum absolute atomic E-state index is 12.6. The van der Waals surface area contributed by atoms with Gasteiger partial charge in [0, 0.05) is 18.8 Å². The van der Waals surface area contributed by atoms with Crippen molar-refractivity contribution < 1.29 is 9.18 Å². The normalized spacial score (nSPS) is 11.3. The molecule has 0 aliphatic rings. The van der Waals surface area contributed by atoms with E-state index in [1.165, 1.54) is 18.3 Å². The third kappa shape index (κ3) is 2.56. The summed E-state index contributed by atoms with van der Waals surface area (Å²) < 4.78 is 12.6. The van der Waals surface area contributed by atoms with Gasteiger partial charge in [0.1, 0.15) is 0 Å². The third-order valence-electron chi connectivity index (χ3n) is 3.05. The molecule has 0 aliphatic carbocycles. The fourth-order valence-corrected chi connectivity index (χ4v) is 1.21. The molecule has 4 heteroatoms. The van der Waals surface area contributed by atoms with Crippen LogP contribution in [-0.2, 0) is 0 Å². The molecular weight excluding hydrogens is 207 g/mol. The number of pyridine rings is 1. The highest BCUT2D eigenvalue weighted by Gasteiger charge is 2.26. The molecule has 0 N–H and O–H groups in total. The summed E-state index contributed by atoms with van der Waals surface area (Å²) >= 11 is 0. The van der Waals surface area contributed by atoms with Crippen molar-refractivity contribution in [2.24, 2.45) is 0 Å². The molecule has 0 atom stereocenters. The van der Waals surface area contributed by atoms with Crippen LogP contribution in [0, 0.1) is 5.95 Å². The Morgan fingerprint density at radius 1 is 1.50 bits per heavy atom. The predicted molar refractivity (Wildman–Crippen MR) is 60.7 cm³/mol. The summed E-state index contributed by atoms with van der Waals surface area (Å²) in [5, 5.41) is 0. The summed E-state index contributed by atoms with van der Waals surface area (Å²) in [7, 11) is 1.75. The number of amides is 1. The molecule has 1 aromatic heterocycles. The van der Waals surface area contributed by atoms with Gasteiger partial charge < -0.3 is 4.90 Å². The molecule has 0 spiro atoms. The molecule has 0 bridgehead atoms. The minimum absolute atomic E-state index is 0.139. The van der Waals surface area contributed by atoms with E-state index in [-0.39, 0.29) is 11.4 Å². The Hall–Kier alpha value is -1.45. The number of carbonyl (C=O) groups excluding carboxylic acids is 1. The Kier molecular flexibility index (Phi) is 3.62. The van der Waals surface area contributed by atoms with Crippen LogP contribution in [-0.4, -0.2) is 28.4 Å². The highest BCUT2D eigenvalue weighted by atomic mass is 19.1. The van der Waals surface area contributed by atoms with Gasteiger partial charge in [0.15, 0.2) is 0 Å². The van der Waals surface area contributed by atoms with E-state index in [4.69, 9.17) is 0 Å². The van der Waals surface area contributed by atoms with Gasteiger partial charge in [-0.25, -0.2) is 4.98 Å². The van der Waals surface area contributed by atoms with E-state index < -0.39 is 5.95 Å². The van der Waals surface area contributed by atoms with Crippen LogP contribution in [0.25, 0.3) is 0 Å². The summed E-state index contributed by atoms with van der Waals surface area (Å²) in [5.74, 6) is -0.715. The number of carbonyl (C=O) groups is 1. The molecule has 1 aromatic rings. The Balaban J connectivity index is 2.90. The van der Waals surface area contributed by atoms with Crippen LogP contribution in [0.4, 0.5) is 4.39 Å². The SMILES string of the molecule is CCC(C)(C)N(C)C(=O)c1ccc(F)nc1. The number of halogens is 1. The van der Waals surface area contributed by atoms with Crippen LogP contribution in [0.3, 0.4) is 0 Å². The van der Waals surface area contributed by atoms with Gasteiger partial charge in [-0.3, -0.25) is 4.79 Å². The van der Waals surface area contributed by atoms with Crippen molar-refractivity contribution in [3.8, 4) is 0 Å². The molecule has 88 valence electrons. The topological polar surface area (TPSA) is 33.2 Å². The van der Waals surface area contributed by atoms with Gasteiger partial charge in [-0.1, -0.05) is 6.92 Å². The first-order valence-corrected chi connectivity index (χ1v) is 5.28. The van der Waals surface area contributed by atoms with Gasteiger partial charge in [-0.15, -0.1) is 0 Å². The standard InChI is InChI=1S/C12H17FN2O/c1-5-12(2,3)15(4)11(16)9-6-7-10(13)14-8-9/h6-8H,5H2,1-4H3. The molecule has 0 saturated heterocycles. The van der Waals surface area contributed by atoms with Crippen molar-refractivity contribution in [3.63, 3.8) is 0 Å². The average Bonchev–Trinajstić information content (AvgIpc) is 2.28. The smallest absolute Gasteiger partial charge is 0.255 e. The van der Waals surface area contributed by atoms with Crippen molar-refractivity contribution in [2.45, 2.75) is 32.7 Å². The van der Waals surface area contributed by atoms with Crippen LogP contribution in [0.15, 0.2) is 18.3 Å². The third-order valence-corrected chi connectivity index (χ3v) is 3.05. The van der Waals surface area contributed by atoms with E-state index in [0.717, 1.165) is 6.42 Å².